The minimum absolute atomic E-state index is 0.323. The third-order valence-corrected chi connectivity index (χ3v) is 2.02. The highest BCUT2D eigenvalue weighted by Gasteiger charge is 2.13. The number of pyridine rings is 1. The third kappa shape index (κ3) is 2.83. The van der Waals surface area contributed by atoms with Crippen molar-refractivity contribution in [2.24, 2.45) is 0 Å². The molecule has 0 radical (unpaired) electrons. The minimum Gasteiger partial charge on any atom is -0.387 e. The zero-order valence-corrected chi connectivity index (χ0v) is 8.99. The zero-order chi connectivity index (χ0) is 10.7. The van der Waals surface area contributed by atoms with Crippen molar-refractivity contribution in [2.75, 3.05) is 26.4 Å². The van der Waals surface area contributed by atoms with Crippen molar-refractivity contribution < 1.29 is 5.11 Å². The zero-order valence-electron chi connectivity index (χ0n) is 8.24. The standard InChI is InChI=1S/C9H14ClN3O/c1-13(2)5-8(14)7-3-6(10)4-12-9(7)11/h3-4,8,14H,5H2,1-2H3,(H2,11,12). The summed E-state index contributed by atoms with van der Waals surface area (Å²) in [5.41, 5.74) is 6.19. The second-order valence-electron chi connectivity index (χ2n) is 3.41. The Morgan fingerprint density at radius 1 is 1.64 bits per heavy atom. The van der Waals surface area contributed by atoms with Crippen LogP contribution in [0.5, 0.6) is 0 Å². The molecule has 1 aromatic rings. The Labute approximate surface area is 88.3 Å². The number of hydrogen-bond donors (Lipinski definition) is 2. The molecule has 0 bridgehead atoms. The Balaban J connectivity index is 2.88. The van der Waals surface area contributed by atoms with E-state index in [1.807, 2.05) is 19.0 Å². The van der Waals surface area contributed by atoms with Crippen LogP contribution in [0.25, 0.3) is 0 Å². The van der Waals surface area contributed by atoms with Crippen LogP contribution in [0.3, 0.4) is 0 Å². The van der Waals surface area contributed by atoms with E-state index in [1.54, 1.807) is 6.07 Å². The first-order valence-corrected chi connectivity index (χ1v) is 4.62. The monoisotopic (exact) mass is 215 g/mol. The van der Waals surface area contributed by atoms with E-state index in [9.17, 15) is 5.11 Å². The van der Waals surface area contributed by atoms with E-state index in [4.69, 9.17) is 17.3 Å². The van der Waals surface area contributed by atoms with Crippen LogP contribution < -0.4 is 5.73 Å². The van der Waals surface area contributed by atoms with Gasteiger partial charge in [0.1, 0.15) is 5.82 Å². The van der Waals surface area contributed by atoms with Gasteiger partial charge in [0.05, 0.1) is 11.1 Å². The van der Waals surface area contributed by atoms with Gasteiger partial charge in [0, 0.05) is 18.3 Å². The van der Waals surface area contributed by atoms with E-state index < -0.39 is 6.10 Å². The molecule has 0 amide bonds. The van der Waals surface area contributed by atoms with E-state index in [1.165, 1.54) is 6.20 Å². The fraction of sp³-hybridized carbons (Fsp3) is 0.444. The van der Waals surface area contributed by atoms with E-state index in [0.717, 1.165) is 0 Å². The molecule has 0 saturated heterocycles. The maximum absolute atomic E-state index is 9.78. The summed E-state index contributed by atoms with van der Waals surface area (Å²) in [5.74, 6) is 0.323. The Morgan fingerprint density at radius 3 is 2.86 bits per heavy atom. The maximum Gasteiger partial charge on any atom is 0.129 e. The fourth-order valence-corrected chi connectivity index (χ4v) is 1.34. The number of aromatic nitrogens is 1. The lowest BCUT2D eigenvalue weighted by Gasteiger charge is -2.17. The van der Waals surface area contributed by atoms with Crippen LogP contribution in [0.2, 0.25) is 5.02 Å². The predicted octanol–water partition coefficient (Wildman–Crippen LogP) is 0.912. The average molecular weight is 216 g/mol. The van der Waals surface area contributed by atoms with Crippen LogP contribution in [0, 0.1) is 0 Å². The van der Waals surface area contributed by atoms with Crippen molar-refractivity contribution in [1.82, 2.24) is 9.88 Å². The van der Waals surface area contributed by atoms with Gasteiger partial charge in [-0.3, -0.25) is 0 Å². The quantitative estimate of drug-likeness (QED) is 0.787. The Morgan fingerprint density at radius 2 is 2.29 bits per heavy atom. The molecule has 78 valence electrons. The molecular weight excluding hydrogens is 202 g/mol. The second-order valence-corrected chi connectivity index (χ2v) is 3.84. The van der Waals surface area contributed by atoms with Crippen molar-refractivity contribution >= 4 is 17.4 Å². The molecule has 1 atom stereocenters. The number of rotatable bonds is 3. The number of aliphatic hydroxyl groups is 1. The Bertz CT molecular complexity index is 317. The number of hydrogen-bond acceptors (Lipinski definition) is 4. The summed E-state index contributed by atoms with van der Waals surface area (Å²) in [4.78, 5) is 5.74. The molecule has 0 aliphatic carbocycles. The summed E-state index contributed by atoms with van der Waals surface area (Å²) in [7, 11) is 3.74. The molecule has 4 nitrogen and oxygen atoms in total. The Kier molecular flexibility index (Phi) is 3.69. The summed E-state index contributed by atoms with van der Waals surface area (Å²) >= 11 is 5.75. The van der Waals surface area contributed by atoms with Crippen LogP contribution >= 0.6 is 11.6 Å². The number of nitrogens with zero attached hydrogens (tertiary/aromatic N) is 2. The van der Waals surface area contributed by atoms with Gasteiger partial charge in [-0.25, -0.2) is 4.98 Å². The maximum atomic E-state index is 9.78. The number of aliphatic hydroxyl groups excluding tert-OH is 1. The number of nitrogens with two attached hydrogens (primary N) is 1. The first kappa shape index (κ1) is 11.2. The summed E-state index contributed by atoms with van der Waals surface area (Å²) < 4.78 is 0. The van der Waals surface area contributed by atoms with Crippen LogP contribution in [0.1, 0.15) is 11.7 Å². The van der Waals surface area contributed by atoms with Crippen molar-refractivity contribution in [3.05, 3.63) is 22.8 Å². The Hall–Kier alpha value is -0.840. The summed E-state index contributed by atoms with van der Waals surface area (Å²) in [5, 5.41) is 10.3. The molecule has 0 saturated carbocycles. The highest BCUT2D eigenvalue weighted by atomic mass is 35.5. The number of halogens is 1. The van der Waals surface area contributed by atoms with Gasteiger partial charge in [0.15, 0.2) is 0 Å². The smallest absolute Gasteiger partial charge is 0.129 e. The molecule has 0 fully saturated rings. The highest BCUT2D eigenvalue weighted by molar-refractivity contribution is 6.30. The molecule has 1 heterocycles. The lowest BCUT2D eigenvalue weighted by Crippen LogP contribution is -2.21. The molecule has 14 heavy (non-hydrogen) atoms. The van der Waals surface area contributed by atoms with E-state index in [0.29, 0.717) is 22.9 Å². The fourth-order valence-electron chi connectivity index (χ4n) is 1.18. The second kappa shape index (κ2) is 4.59. The molecular formula is C9H14ClN3O. The number of likely N-dealkylation sites (N-methyl/N-ethyl adjacent to an activating group) is 1. The molecule has 3 N–H and O–H groups in total. The summed E-state index contributed by atoms with van der Waals surface area (Å²) in [6.45, 7) is 0.492. The normalized spacial score (nSPS) is 13.2. The van der Waals surface area contributed by atoms with Gasteiger partial charge in [-0.05, 0) is 20.2 Å². The van der Waals surface area contributed by atoms with Gasteiger partial charge in [-0.1, -0.05) is 11.6 Å². The van der Waals surface area contributed by atoms with Crippen LogP contribution in [0.15, 0.2) is 12.3 Å². The van der Waals surface area contributed by atoms with Crippen LogP contribution in [-0.4, -0.2) is 35.6 Å². The van der Waals surface area contributed by atoms with Gasteiger partial charge in [0.25, 0.3) is 0 Å². The molecule has 0 aromatic carbocycles. The minimum atomic E-state index is -0.656. The molecule has 5 heteroatoms. The largest absolute Gasteiger partial charge is 0.387 e. The van der Waals surface area contributed by atoms with Gasteiger partial charge in [-0.2, -0.15) is 0 Å². The molecule has 1 aromatic heterocycles. The molecule has 0 spiro atoms. The van der Waals surface area contributed by atoms with E-state index in [2.05, 4.69) is 4.98 Å². The van der Waals surface area contributed by atoms with Crippen molar-refractivity contribution in [1.29, 1.82) is 0 Å². The van der Waals surface area contributed by atoms with Gasteiger partial charge in [-0.15, -0.1) is 0 Å². The first-order chi connectivity index (χ1) is 6.50. The predicted molar refractivity (Wildman–Crippen MR) is 57.2 cm³/mol. The summed E-state index contributed by atoms with van der Waals surface area (Å²) in [6, 6.07) is 1.64. The molecule has 1 rings (SSSR count). The van der Waals surface area contributed by atoms with Gasteiger partial charge < -0.3 is 15.7 Å². The summed E-state index contributed by atoms with van der Waals surface area (Å²) in [6.07, 6.45) is 0.805. The van der Waals surface area contributed by atoms with Crippen LogP contribution in [-0.2, 0) is 0 Å². The number of nitrogen functional groups attached to an aromatic ring is 1. The SMILES string of the molecule is CN(C)CC(O)c1cc(Cl)cnc1N. The molecule has 0 aliphatic heterocycles. The van der Waals surface area contributed by atoms with E-state index in [-0.39, 0.29) is 0 Å². The van der Waals surface area contributed by atoms with E-state index >= 15 is 0 Å². The lowest BCUT2D eigenvalue weighted by molar-refractivity contribution is 0.139. The van der Waals surface area contributed by atoms with Gasteiger partial charge >= 0.3 is 0 Å². The topological polar surface area (TPSA) is 62.4 Å². The van der Waals surface area contributed by atoms with Crippen molar-refractivity contribution in [3.63, 3.8) is 0 Å². The number of anilines is 1. The highest BCUT2D eigenvalue weighted by Crippen LogP contribution is 2.22. The van der Waals surface area contributed by atoms with Crippen molar-refractivity contribution in [2.45, 2.75) is 6.10 Å². The lowest BCUT2D eigenvalue weighted by atomic mass is 10.1. The molecule has 1 unspecified atom stereocenters. The van der Waals surface area contributed by atoms with Gasteiger partial charge in [0.2, 0.25) is 0 Å². The first-order valence-electron chi connectivity index (χ1n) is 4.24. The molecule has 0 aliphatic rings. The average Bonchev–Trinajstić information content (AvgIpc) is 2.08. The van der Waals surface area contributed by atoms with Crippen LogP contribution in [0.4, 0.5) is 5.82 Å². The van der Waals surface area contributed by atoms with Crippen molar-refractivity contribution in [3.8, 4) is 0 Å². The third-order valence-electron chi connectivity index (χ3n) is 1.81.